The van der Waals surface area contributed by atoms with Crippen LogP contribution in [0.15, 0.2) is 18.3 Å². The number of esters is 1. The first-order chi connectivity index (χ1) is 13.4. The van der Waals surface area contributed by atoms with Crippen molar-refractivity contribution in [2.24, 2.45) is 11.8 Å². The Morgan fingerprint density at radius 2 is 2.04 bits per heavy atom. The summed E-state index contributed by atoms with van der Waals surface area (Å²) in [4.78, 5) is 42.8. The third-order valence-corrected chi connectivity index (χ3v) is 6.03. The lowest BCUT2D eigenvalue weighted by Crippen LogP contribution is -2.47. The number of unbranched alkanes of at least 4 members (excludes halogenated alkanes) is 4. The van der Waals surface area contributed by atoms with Crippen molar-refractivity contribution in [3.05, 3.63) is 35.2 Å². The van der Waals surface area contributed by atoms with E-state index in [4.69, 9.17) is 4.74 Å². The van der Waals surface area contributed by atoms with Crippen molar-refractivity contribution in [2.45, 2.75) is 71.3 Å². The van der Waals surface area contributed by atoms with E-state index in [1.54, 1.807) is 13.1 Å². The molecule has 3 unspecified atom stereocenters. The first-order valence-electron chi connectivity index (χ1n) is 10.3. The molecule has 0 bridgehead atoms. The topological polar surface area (TPSA) is 73.3 Å². The summed E-state index contributed by atoms with van der Waals surface area (Å²) in [6.07, 6.45) is 11.3. The highest BCUT2D eigenvalue weighted by molar-refractivity contribution is 6.11. The van der Waals surface area contributed by atoms with E-state index < -0.39 is 23.4 Å². The number of hydrogen-bond acceptors (Lipinski definition) is 5. The predicted molar refractivity (Wildman–Crippen MR) is 107 cm³/mol. The summed E-state index contributed by atoms with van der Waals surface area (Å²) in [5.74, 6) is -2.16. The van der Waals surface area contributed by atoms with Crippen molar-refractivity contribution in [1.82, 2.24) is 4.98 Å². The molecule has 0 N–H and O–H groups in total. The maximum atomic E-state index is 13.1. The quantitative estimate of drug-likeness (QED) is 0.379. The van der Waals surface area contributed by atoms with E-state index in [0.717, 1.165) is 43.4 Å². The van der Waals surface area contributed by atoms with Gasteiger partial charge in [-0.2, -0.15) is 0 Å². The molecule has 5 nitrogen and oxygen atoms in total. The van der Waals surface area contributed by atoms with Crippen molar-refractivity contribution < 1.29 is 19.1 Å². The lowest BCUT2D eigenvalue weighted by atomic mass is 9.68. The molecule has 1 fully saturated rings. The number of rotatable bonds is 8. The standard InChI is InChI=1S/C23H29NO4/c1-4-6-7-8-9-11-19(25)20-18-13-15-12-16(10-5-2)24-14-17(15)21(26)23(18,3)28-22(20)27/h5,10,12,14,18,20H,4,6-9,11,13H2,1-3H3. The summed E-state index contributed by atoms with van der Waals surface area (Å²) < 4.78 is 5.53. The molecule has 0 saturated carbocycles. The van der Waals surface area contributed by atoms with Gasteiger partial charge < -0.3 is 4.74 Å². The van der Waals surface area contributed by atoms with E-state index in [0.29, 0.717) is 18.4 Å². The lowest BCUT2D eigenvalue weighted by molar-refractivity contribution is -0.149. The number of ketones is 2. The van der Waals surface area contributed by atoms with Crippen LogP contribution in [0.4, 0.5) is 0 Å². The maximum absolute atomic E-state index is 13.1. The summed E-state index contributed by atoms with van der Waals surface area (Å²) in [7, 11) is 0. The van der Waals surface area contributed by atoms with Gasteiger partial charge >= 0.3 is 5.97 Å². The summed E-state index contributed by atoms with van der Waals surface area (Å²) in [6, 6.07) is 1.88. The van der Waals surface area contributed by atoms with Gasteiger partial charge in [-0.25, -0.2) is 0 Å². The third kappa shape index (κ3) is 3.67. The van der Waals surface area contributed by atoms with Crippen LogP contribution in [0, 0.1) is 11.8 Å². The summed E-state index contributed by atoms with van der Waals surface area (Å²) in [5.41, 5.74) is 0.833. The first kappa shape index (κ1) is 20.4. The van der Waals surface area contributed by atoms with Gasteiger partial charge in [0.1, 0.15) is 11.7 Å². The molecular formula is C23H29NO4. The van der Waals surface area contributed by atoms with Crippen LogP contribution >= 0.6 is 0 Å². The molecule has 1 aromatic rings. The minimum atomic E-state index is -1.27. The number of Topliss-reactive ketones (excluding diaryl/α,β-unsaturated/α-hetero) is 2. The number of aromatic nitrogens is 1. The van der Waals surface area contributed by atoms with E-state index in [1.807, 2.05) is 25.1 Å². The fourth-order valence-corrected chi connectivity index (χ4v) is 4.43. The van der Waals surface area contributed by atoms with E-state index in [2.05, 4.69) is 11.9 Å². The van der Waals surface area contributed by atoms with Crippen molar-refractivity contribution in [3.63, 3.8) is 0 Å². The monoisotopic (exact) mass is 383 g/mol. The number of allylic oxidation sites excluding steroid dienone is 1. The molecule has 150 valence electrons. The molecule has 2 aliphatic rings. The molecule has 0 aromatic carbocycles. The van der Waals surface area contributed by atoms with Crippen molar-refractivity contribution in [2.75, 3.05) is 0 Å². The Balaban J connectivity index is 1.81. The molecule has 1 aliphatic carbocycles. The van der Waals surface area contributed by atoms with E-state index >= 15 is 0 Å². The second kappa shape index (κ2) is 8.38. The molecule has 28 heavy (non-hydrogen) atoms. The predicted octanol–water partition coefficient (Wildman–Crippen LogP) is 4.33. The Bertz CT molecular complexity index is 813. The van der Waals surface area contributed by atoms with Crippen LogP contribution in [0.5, 0.6) is 0 Å². The fourth-order valence-electron chi connectivity index (χ4n) is 4.43. The minimum Gasteiger partial charge on any atom is -0.450 e. The average Bonchev–Trinajstić information content (AvgIpc) is 2.92. The molecule has 3 rings (SSSR count). The van der Waals surface area contributed by atoms with Gasteiger partial charge in [0.2, 0.25) is 5.78 Å². The number of fused-ring (bicyclic) bond motifs is 2. The Hall–Kier alpha value is -2.30. The summed E-state index contributed by atoms with van der Waals surface area (Å²) in [6.45, 7) is 5.70. The van der Waals surface area contributed by atoms with Crippen molar-refractivity contribution in [3.8, 4) is 0 Å². The Labute approximate surface area is 166 Å². The molecule has 2 heterocycles. The Morgan fingerprint density at radius 3 is 2.75 bits per heavy atom. The smallest absolute Gasteiger partial charge is 0.317 e. The second-order valence-corrected chi connectivity index (χ2v) is 8.04. The second-order valence-electron chi connectivity index (χ2n) is 8.04. The van der Waals surface area contributed by atoms with E-state index in [9.17, 15) is 14.4 Å². The van der Waals surface area contributed by atoms with Crippen LogP contribution < -0.4 is 0 Å². The Morgan fingerprint density at radius 1 is 1.29 bits per heavy atom. The molecule has 0 radical (unpaired) electrons. The zero-order chi connectivity index (χ0) is 20.3. The number of carbonyl (C=O) groups is 3. The average molecular weight is 383 g/mol. The number of carbonyl (C=O) groups excluding carboxylic acids is 3. The molecule has 1 saturated heterocycles. The van der Waals surface area contributed by atoms with Gasteiger partial charge in [0.05, 0.1) is 5.69 Å². The van der Waals surface area contributed by atoms with Crippen LogP contribution in [0.3, 0.4) is 0 Å². The lowest BCUT2D eigenvalue weighted by Gasteiger charge is -2.34. The van der Waals surface area contributed by atoms with E-state index in [-0.39, 0.29) is 11.6 Å². The van der Waals surface area contributed by atoms with Gasteiger partial charge in [-0.05, 0) is 44.4 Å². The largest absolute Gasteiger partial charge is 0.450 e. The molecular weight excluding hydrogens is 354 g/mol. The number of pyridine rings is 1. The van der Waals surface area contributed by atoms with Gasteiger partial charge in [0.25, 0.3) is 0 Å². The number of nitrogens with zero attached hydrogens (tertiary/aromatic N) is 1. The highest BCUT2D eigenvalue weighted by atomic mass is 16.6. The SMILES string of the molecule is CC=Cc1cc2c(cn1)C(=O)C1(C)OC(=O)C(C(=O)CCCCCCC)C1C2. The van der Waals surface area contributed by atoms with Gasteiger partial charge in [-0.15, -0.1) is 0 Å². The van der Waals surface area contributed by atoms with Crippen LogP contribution in [0.1, 0.15) is 80.9 Å². The zero-order valence-electron chi connectivity index (χ0n) is 17.0. The van der Waals surface area contributed by atoms with Crippen LogP contribution in [0.2, 0.25) is 0 Å². The molecule has 0 spiro atoms. The third-order valence-electron chi connectivity index (χ3n) is 6.03. The normalized spacial score (nSPS) is 26.2. The van der Waals surface area contributed by atoms with Gasteiger partial charge in [-0.3, -0.25) is 19.4 Å². The fraction of sp³-hybridized carbons (Fsp3) is 0.565. The van der Waals surface area contributed by atoms with Crippen molar-refractivity contribution >= 4 is 23.6 Å². The molecule has 1 aliphatic heterocycles. The first-order valence-corrected chi connectivity index (χ1v) is 10.3. The minimum absolute atomic E-state index is 0.0887. The maximum Gasteiger partial charge on any atom is 0.317 e. The van der Waals surface area contributed by atoms with E-state index in [1.165, 1.54) is 0 Å². The van der Waals surface area contributed by atoms with Gasteiger partial charge in [-0.1, -0.05) is 38.7 Å². The molecule has 5 heteroatoms. The number of ether oxygens (including phenoxy) is 1. The van der Waals surface area contributed by atoms with Crippen LogP contribution in [-0.2, 0) is 20.7 Å². The van der Waals surface area contributed by atoms with Crippen LogP contribution in [-0.4, -0.2) is 28.1 Å². The highest BCUT2D eigenvalue weighted by Crippen LogP contribution is 2.46. The molecule has 3 atom stereocenters. The molecule has 1 aromatic heterocycles. The summed E-state index contributed by atoms with van der Waals surface area (Å²) in [5, 5.41) is 0. The van der Waals surface area contributed by atoms with Crippen LogP contribution in [0.25, 0.3) is 6.08 Å². The van der Waals surface area contributed by atoms with Gasteiger partial charge in [0.15, 0.2) is 5.60 Å². The number of hydrogen-bond donors (Lipinski definition) is 0. The highest BCUT2D eigenvalue weighted by Gasteiger charge is 2.61. The molecule has 0 amide bonds. The Kier molecular flexibility index (Phi) is 6.11. The van der Waals surface area contributed by atoms with Crippen molar-refractivity contribution in [1.29, 1.82) is 0 Å². The zero-order valence-corrected chi connectivity index (χ0v) is 17.0. The summed E-state index contributed by atoms with van der Waals surface area (Å²) >= 11 is 0. The van der Waals surface area contributed by atoms with Gasteiger partial charge in [0, 0.05) is 24.1 Å².